The quantitative estimate of drug-likeness (QED) is 0.684. The molecule has 1 saturated heterocycles. The van der Waals surface area contributed by atoms with Crippen LogP contribution in [0.4, 0.5) is 0 Å². The molecule has 5 heteroatoms. The first-order chi connectivity index (χ1) is 12.8. The third-order valence-corrected chi connectivity index (χ3v) is 7.22. The number of rotatable bonds is 6. The van der Waals surface area contributed by atoms with Crippen LogP contribution in [-0.2, 0) is 6.54 Å². The van der Waals surface area contributed by atoms with Crippen molar-refractivity contribution in [2.45, 2.75) is 83.3 Å². The molecule has 0 radical (unpaired) electrons. The Morgan fingerprint density at radius 3 is 2.65 bits per heavy atom. The minimum Gasteiger partial charge on any atom is -0.360 e. The largest absolute Gasteiger partial charge is 0.360 e. The molecule has 1 aromatic heterocycles. The van der Waals surface area contributed by atoms with Gasteiger partial charge >= 0.3 is 0 Å². The monoisotopic (exact) mass is 393 g/mol. The molecule has 1 atom stereocenters. The Labute approximate surface area is 169 Å². The maximum absolute atomic E-state index is 5.92. The molecular formula is C21H35N3S2. The van der Waals surface area contributed by atoms with E-state index in [9.17, 15) is 0 Å². The van der Waals surface area contributed by atoms with E-state index in [1.54, 1.807) is 0 Å². The SMILES string of the molecule is CCN1CCCC1CN(Cc1cccs1)C(=S)NC1CCCCCCC1. The summed E-state index contributed by atoms with van der Waals surface area (Å²) in [6.45, 7) is 6.69. The van der Waals surface area contributed by atoms with Gasteiger partial charge in [-0.15, -0.1) is 11.3 Å². The Morgan fingerprint density at radius 1 is 1.19 bits per heavy atom. The number of thiophene rings is 1. The molecular weight excluding hydrogens is 358 g/mol. The third kappa shape index (κ3) is 5.93. The minimum absolute atomic E-state index is 0.569. The van der Waals surface area contributed by atoms with Crippen LogP contribution < -0.4 is 5.32 Å². The molecule has 0 spiro atoms. The highest BCUT2D eigenvalue weighted by Crippen LogP contribution is 2.21. The second kappa shape index (κ2) is 10.6. The topological polar surface area (TPSA) is 18.5 Å². The minimum atomic E-state index is 0.569. The number of hydrogen-bond donors (Lipinski definition) is 1. The van der Waals surface area contributed by atoms with Crippen LogP contribution in [-0.4, -0.2) is 46.6 Å². The average molecular weight is 394 g/mol. The second-order valence-corrected chi connectivity index (χ2v) is 9.30. The molecule has 3 rings (SSSR count). The lowest BCUT2D eigenvalue weighted by molar-refractivity contribution is 0.218. The van der Waals surface area contributed by atoms with Crippen LogP contribution in [0.5, 0.6) is 0 Å². The zero-order valence-corrected chi connectivity index (χ0v) is 17.9. The lowest BCUT2D eigenvalue weighted by Crippen LogP contribution is -2.49. The van der Waals surface area contributed by atoms with Gasteiger partial charge in [-0.3, -0.25) is 4.90 Å². The van der Waals surface area contributed by atoms with E-state index in [0.29, 0.717) is 12.1 Å². The van der Waals surface area contributed by atoms with Gasteiger partial charge in [0.15, 0.2) is 5.11 Å². The molecule has 0 bridgehead atoms. The van der Waals surface area contributed by atoms with Gasteiger partial charge in [0.2, 0.25) is 0 Å². The predicted octanol–water partition coefficient (Wildman–Crippen LogP) is 5.02. The zero-order valence-electron chi connectivity index (χ0n) is 16.3. The van der Waals surface area contributed by atoms with Gasteiger partial charge in [0.1, 0.15) is 0 Å². The van der Waals surface area contributed by atoms with Crippen LogP contribution in [0.15, 0.2) is 17.5 Å². The molecule has 2 heterocycles. The Balaban J connectivity index is 1.62. The van der Waals surface area contributed by atoms with Crippen molar-refractivity contribution in [2.24, 2.45) is 0 Å². The fourth-order valence-corrected chi connectivity index (χ4v) is 5.47. The normalized spacial score (nSPS) is 22.7. The highest BCUT2D eigenvalue weighted by Gasteiger charge is 2.27. The van der Waals surface area contributed by atoms with Crippen molar-refractivity contribution in [1.82, 2.24) is 15.1 Å². The summed E-state index contributed by atoms with van der Waals surface area (Å²) in [5, 5.41) is 6.90. The number of thiocarbonyl (C=S) groups is 1. The van der Waals surface area contributed by atoms with Crippen LogP contribution >= 0.6 is 23.6 Å². The standard InChI is InChI=1S/C21H35N3S2/c1-2-23-14-8-12-19(23)16-24(17-20-13-9-15-26-20)21(25)22-18-10-6-4-3-5-7-11-18/h9,13,15,18-19H,2-8,10-12,14,16-17H2,1H3,(H,22,25). The maximum Gasteiger partial charge on any atom is 0.169 e. The average Bonchev–Trinajstić information content (AvgIpc) is 3.28. The van der Waals surface area contributed by atoms with E-state index < -0.39 is 0 Å². The van der Waals surface area contributed by atoms with E-state index >= 15 is 0 Å². The third-order valence-electron chi connectivity index (χ3n) is 5.98. The first kappa shape index (κ1) is 20.1. The van der Waals surface area contributed by atoms with Crippen molar-refractivity contribution in [3.63, 3.8) is 0 Å². The van der Waals surface area contributed by atoms with Gasteiger partial charge < -0.3 is 10.2 Å². The summed E-state index contributed by atoms with van der Waals surface area (Å²) in [6.07, 6.45) is 12.1. The van der Waals surface area contributed by atoms with E-state index in [1.165, 1.54) is 69.2 Å². The van der Waals surface area contributed by atoms with E-state index in [1.807, 2.05) is 11.3 Å². The molecule has 1 saturated carbocycles. The molecule has 1 aliphatic carbocycles. The molecule has 2 aliphatic rings. The van der Waals surface area contributed by atoms with E-state index in [-0.39, 0.29) is 0 Å². The Morgan fingerprint density at radius 2 is 1.96 bits per heavy atom. The van der Waals surface area contributed by atoms with Crippen LogP contribution in [0, 0.1) is 0 Å². The highest BCUT2D eigenvalue weighted by atomic mass is 32.1. The van der Waals surface area contributed by atoms with Crippen molar-refractivity contribution >= 4 is 28.7 Å². The smallest absolute Gasteiger partial charge is 0.169 e. The molecule has 1 aliphatic heterocycles. The Kier molecular flexibility index (Phi) is 8.21. The van der Waals surface area contributed by atoms with Crippen molar-refractivity contribution in [2.75, 3.05) is 19.6 Å². The summed E-state index contributed by atoms with van der Waals surface area (Å²) >= 11 is 7.76. The molecule has 1 unspecified atom stereocenters. The summed E-state index contributed by atoms with van der Waals surface area (Å²) < 4.78 is 0. The lowest BCUT2D eigenvalue weighted by Gasteiger charge is -2.34. The second-order valence-electron chi connectivity index (χ2n) is 7.88. The van der Waals surface area contributed by atoms with E-state index in [2.05, 4.69) is 39.6 Å². The fourth-order valence-electron chi connectivity index (χ4n) is 4.45. The van der Waals surface area contributed by atoms with Gasteiger partial charge in [0, 0.05) is 23.5 Å². The van der Waals surface area contributed by atoms with Crippen LogP contribution in [0.1, 0.15) is 69.6 Å². The summed E-state index contributed by atoms with van der Waals surface area (Å²) in [5.41, 5.74) is 0. The van der Waals surface area contributed by atoms with Gasteiger partial charge in [0.05, 0.1) is 6.54 Å². The summed E-state index contributed by atoms with van der Waals surface area (Å²) in [7, 11) is 0. The molecule has 146 valence electrons. The Bertz CT molecular complexity index is 523. The van der Waals surface area contributed by atoms with Gasteiger partial charge in [0.25, 0.3) is 0 Å². The number of likely N-dealkylation sites (tertiary alicyclic amines) is 1. The fraction of sp³-hybridized carbons (Fsp3) is 0.762. The van der Waals surface area contributed by atoms with E-state index in [4.69, 9.17) is 12.2 Å². The Hall–Kier alpha value is -0.650. The molecule has 0 amide bonds. The van der Waals surface area contributed by atoms with E-state index in [0.717, 1.165) is 24.7 Å². The van der Waals surface area contributed by atoms with Gasteiger partial charge in [-0.1, -0.05) is 45.1 Å². The summed E-state index contributed by atoms with van der Waals surface area (Å²) in [6, 6.07) is 5.61. The number of hydrogen-bond acceptors (Lipinski definition) is 3. The van der Waals surface area contributed by atoms with Gasteiger partial charge in [-0.05, 0) is 62.4 Å². The lowest BCUT2D eigenvalue weighted by atomic mass is 9.97. The molecule has 3 nitrogen and oxygen atoms in total. The molecule has 26 heavy (non-hydrogen) atoms. The van der Waals surface area contributed by atoms with Crippen LogP contribution in [0.3, 0.4) is 0 Å². The van der Waals surface area contributed by atoms with Crippen molar-refractivity contribution in [3.8, 4) is 0 Å². The number of nitrogens with one attached hydrogen (secondary N) is 1. The maximum atomic E-state index is 5.92. The van der Waals surface area contributed by atoms with Crippen LogP contribution in [0.25, 0.3) is 0 Å². The summed E-state index contributed by atoms with van der Waals surface area (Å²) in [4.78, 5) is 6.48. The van der Waals surface area contributed by atoms with Crippen molar-refractivity contribution in [1.29, 1.82) is 0 Å². The highest BCUT2D eigenvalue weighted by molar-refractivity contribution is 7.80. The van der Waals surface area contributed by atoms with Crippen molar-refractivity contribution < 1.29 is 0 Å². The van der Waals surface area contributed by atoms with Crippen LogP contribution in [0.2, 0.25) is 0 Å². The summed E-state index contributed by atoms with van der Waals surface area (Å²) in [5.74, 6) is 0. The predicted molar refractivity (Wildman–Crippen MR) is 117 cm³/mol. The first-order valence-corrected chi connectivity index (χ1v) is 11.9. The number of nitrogens with zero attached hydrogens (tertiary/aromatic N) is 2. The van der Waals surface area contributed by atoms with Gasteiger partial charge in [-0.25, -0.2) is 0 Å². The van der Waals surface area contributed by atoms with Gasteiger partial charge in [-0.2, -0.15) is 0 Å². The van der Waals surface area contributed by atoms with Crippen molar-refractivity contribution in [3.05, 3.63) is 22.4 Å². The zero-order chi connectivity index (χ0) is 18.2. The molecule has 2 fully saturated rings. The molecule has 1 N–H and O–H groups in total. The number of likely N-dealkylation sites (N-methyl/N-ethyl adjacent to an activating group) is 1. The molecule has 0 aromatic carbocycles. The molecule has 1 aromatic rings. The first-order valence-electron chi connectivity index (χ1n) is 10.6.